The van der Waals surface area contributed by atoms with Gasteiger partial charge in [-0.2, -0.15) is 35.0 Å². The van der Waals surface area contributed by atoms with Crippen LogP contribution < -0.4 is 20.0 Å². The molecule has 0 saturated heterocycles. The molecule has 0 radical (unpaired) electrons. The van der Waals surface area contributed by atoms with Gasteiger partial charge in [-0.3, -0.25) is 10.1 Å². The maximum absolute atomic E-state index is 13.8. The Kier molecular flexibility index (Phi) is 15.6. The van der Waals surface area contributed by atoms with E-state index in [9.17, 15) is 65.4 Å². The van der Waals surface area contributed by atoms with E-state index < -0.39 is 78.2 Å². The molecule has 2 unspecified atom stereocenters. The highest BCUT2D eigenvalue weighted by Gasteiger charge is 2.66. The van der Waals surface area contributed by atoms with Crippen molar-refractivity contribution in [1.82, 2.24) is 0 Å². The van der Waals surface area contributed by atoms with Gasteiger partial charge in [0.25, 0.3) is 0 Å². The number of esters is 2. The first-order chi connectivity index (χ1) is 25.4. The second kappa shape index (κ2) is 19.2. The molecule has 2 N–H and O–H groups in total. The quantitative estimate of drug-likeness (QED) is 0.0377. The number of phenols is 2. The Bertz CT molecular complexity index is 1870. The van der Waals surface area contributed by atoms with Crippen molar-refractivity contribution in [3.05, 3.63) is 72.8 Å². The zero-order chi connectivity index (χ0) is 40.2. The van der Waals surface area contributed by atoms with Crippen LogP contribution >= 0.6 is 24.1 Å². The third kappa shape index (κ3) is 11.0. The van der Waals surface area contributed by atoms with E-state index in [1.807, 2.05) is 0 Å². The van der Waals surface area contributed by atoms with Crippen molar-refractivity contribution in [2.24, 2.45) is 0 Å². The summed E-state index contributed by atoms with van der Waals surface area (Å²) in [5, 5.41) is 36.8. The van der Waals surface area contributed by atoms with E-state index >= 15 is 0 Å². The van der Waals surface area contributed by atoms with Crippen LogP contribution in [0.1, 0.15) is 0 Å². The summed E-state index contributed by atoms with van der Waals surface area (Å²) in [5.74, 6) is -4.07. The van der Waals surface area contributed by atoms with E-state index in [1.165, 1.54) is 24.3 Å². The minimum Gasteiger partial charge on any atom is -0.691 e. The summed E-state index contributed by atoms with van der Waals surface area (Å²) in [5.41, 5.74) is 0. The van der Waals surface area contributed by atoms with E-state index in [0.717, 1.165) is 0 Å². The average molecular weight is 823 g/mol. The van der Waals surface area contributed by atoms with Gasteiger partial charge >= 0.3 is 34.3 Å². The van der Waals surface area contributed by atoms with E-state index in [-0.39, 0.29) is 29.6 Å². The molecule has 0 aliphatic heterocycles. The molecule has 0 spiro atoms. The maximum Gasteiger partial charge on any atom is 0.446 e. The van der Waals surface area contributed by atoms with Crippen molar-refractivity contribution in [2.45, 2.75) is 22.4 Å². The predicted octanol–water partition coefficient (Wildman–Crippen LogP) is 5.13. The van der Waals surface area contributed by atoms with Crippen LogP contribution in [0.4, 0.5) is 35.1 Å². The molecule has 0 bridgehead atoms. The molecule has 0 amide bonds. The Balaban J connectivity index is 0.000000290. The molecule has 0 aromatic heterocycles. The summed E-state index contributed by atoms with van der Waals surface area (Å²) in [6.07, 6.45) is -11.4. The molecule has 4 rings (SSSR count). The number of hydrogen-bond donors (Lipinski definition) is 2. The third-order valence-electron chi connectivity index (χ3n) is 6.45. The fourth-order valence-corrected chi connectivity index (χ4v) is 4.69. The second-order valence-electron chi connectivity index (χ2n) is 9.88. The van der Waals surface area contributed by atoms with Crippen LogP contribution in [0.15, 0.2) is 72.8 Å². The number of hydrogen-bond acceptors (Lipinski definition) is 16. The van der Waals surface area contributed by atoms with Gasteiger partial charge in [0, 0.05) is 16.2 Å². The average Bonchev–Trinajstić information content (AvgIpc) is 3.12. The number of halogens is 8. The Labute approximate surface area is 305 Å². The number of benzene rings is 4. The van der Waals surface area contributed by atoms with Crippen molar-refractivity contribution in [3.63, 3.8) is 0 Å². The molecule has 0 heterocycles. The SMILES string of the molecule is O=C(OCCOc1ccc2c(O)cccc2c1)C(F)(SOO[O-])C(F)(F)F.O=C(OCCOc1cccc2c(O)cccc12)C(F)(SOO[O-])C(F)(F)F. The van der Waals surface area contributed by atoms with Crippen LogP contribution in [0.2, 0.25) is 0 Å². The number of carbonyl (C=O) groups is 2. The highest BCUT2D eigenvalue weighted by atomic mass is 32.2. The summed E-state index contributed by atoms with van der Waals surface area (Å²) in [4.78, 5) is 22.8. The van der Waals surface area contributed by atoms with Gasteiger partial charge in [-0.1, -0.05) is 36.4 Å². The summed E-state index contributed by atoms with van der Waals surface area (Å²) in [6, 6.07) is 18.7. The van der Waals surface area contributed by atoms with Gasteiger partial charge in [0.05, 0.1) is 24.1 Å². The number of fused-ring (bicyclic) bond motifs is 2. The van der Waals surface area contributed by atoms with Crippen LogP contribution in [0.5, 0.6) is 23.0 Å². The summed E-state index contributed by atoms with van der Waals surface area (Å²) in [6.45, 7) is -2.22. The number of phenolic OH excluding ortho intramolecular Hbond substituents is 2. The minimum atomic E-state index is -5.72. The standard InChI is InChI=1S/2C15H12F4O7S/c16-14(15(17,18)19,27-26-25-22)13(21)24-8-7-23-12-6-2-3-9-10(12)4-1-5-11(9)20;16-14(15(17,18)19,27-26-25-22)13(21)24-7-6-23-10-4-5-11-9(8-10)2-1-3-12(11)20/h1-6,20,22H,7-8H2;1-5,8,20,22H,6-7H2/p-2. The van der Waals surface area contributed by atoms with Crippen LogP contribution in [0, 0.1) is 0 Å². The lowest BCUT2D eigenvalue weighted by Crippen LogP contribution is -2.47. The van der Waals surface area contributed by atoms with E-state index in [0.29, 0.717) is 21.5 Å². The van der Waals surface area contributed by atoms with Gasteiger partial charge in [0.2, 0.25) is 0 Å². The lowest BCUT2D eigenvalue weighted by molar-refractivity contribution is -0.777. The molecule has 24 heteroatoms. The first-order valence-electron chi connectivity index (χ1n) is 14.2. The number of alkyl halides is 8. The van der Waals surface area contributed by atoms with Gasteiger partial charge in [-0.05, 0) is 41.8 Å². The highest BCUT2D eigenvalue weighted by Crippen LogP contribution is 2.45. The Hall–Kier alpha value is -4.56. The Morgan fingerprint density at radius 2 is 1.07 bits per heavy atom. The number of ether oxygens (including phenoxy) is 4. The third-order valence-corrected chi connectivity index (χ3v) is 7.96. The molecule has 4 aromatic carbocycles. The van der Waals surface area contributed by atoms with E-state index in [1.54, 1.807) is 48.5 Å². The fraction of sp³-hybridized carbons (Fsp3) is 0.267. The molecule has 296 valence electrons. The summed E-state index contributed by atoms with van der Waals surface area (Å²) >= 11 is -2.34. The van der Waals surface area contributed by atoms with Gasteiger partial charge in [0.1, 0.15) is 49.4 Å². The summed E-state index contributed by atoms with van der Waals surface area (Å²) < 4.78 is 129. The molecule has 4 aromatic rings. The number of aromatic hydroxyl groups is 2. The van der Waals surface area contributed by atoms with Gasteiger partial charge in [0.15, 0.2) is 0 Å². The predicted molar refractivity (Wildman–Crippen MR) is 163 cm³/mol. The smallest absolute Gasteiger partial charge is 0.446 e. The Morgan fingerprint density at radius 3 is 1.61 bits per heavy atom. The fourth-order valence-electron chi connectivity index (χ4n) is 4.01. The van der Waals surface area contributed by atoms with E-state index in [2.05, 4.69) is 28.2 Å². The topological polar surface area (TPSA) is 195 Å². The normalized spacial score (nSPS) is 14.0. The van der Waals surface area contributed by atoms with Crippen LogP contribution in [0.25, 0.3) is 21.5 Å². The zero-order valence-corrected chi connectivity index (χ0v) is 28.0. The largest absolute Gasteiger partial charge is 0.691 e. The van der Waals surface area contributed by atoms with Crippen molar-refractivity contribution in [3.8, 4) is 23.0 Å². The van der Waals surface area contributed by atoms with E-state index in [4.69, 9.17) is 9.47 Å². The number of carbonyl (C=O) groups excluding carboxylic acids is 2. The lowest BCUT2D eigenvalue weighted by atomic mass is 10.1. The van der Waals surface area contributed by atoms with Gasteiger partial charge in [-0.15, -0.1) is 0 Å². The molecular formula is C30H22F8O14S2-2. The van der Waals surface area contributed by atoms with Crippen molar-refractivity contribution < 1.29 is 103 Å². The molecule has 0 fully saturated rings. The zero-order valence-electron chi connectivity index (χ0n) is 26.4. The van der Waals surface area contributed by atoms with Crippen molar-refractivity contribution in [2.75, 3.05) is 26.4 Å². The number of rotatable bonds is 16. The molecule has 0 saturated carbocycles. The highest BCUT2D eigenvalue weighted by molar-refractivity contribution is 7.96. The summed E-state index contributed by atoms with van der Waals surface area (Å²) in [7, 11) is 0. The van der Waals surface area contributed by atoms with Crippen LogP contribution in [0.3, 0.4) is 0 Å². The second-order valence-corrected chi connectivity index (χ2v) is 11.6. The van der Waals surface area contributed by atoms with Crippen molar-refractivity contribution >= 4 is 57.6 Å². The molecule has 0 aliphatic rings. The Morgan fingerprint density at radius 1 is 0.593 bits per heavy atom. The minimum absolute atomic E-state index is 0.00520. The van der Waals surface area contributed by atoms with Crippen molar-refractivity contribution in [1.29, 1.82) is 0 Å². The van der Waals surface area contributed by atoms with Gasteiger partial charge < -0.3 is 39.7 Å². The molecule has 0 aliphatic carbocycles. The van der Waals surface area contributed by atoms with Gasteiger partial charge in [-0.25, -0.2) is 18.4 Å². The molecule has 14 nitrogen and oxygen atoms in total. The maximum atomic E-state index is 13.8. The van der Waals surface area contributed by atoms with Crippen LogP contribution in [-0.4, -0.2) is 70.9 Å². The molecule has 54 heavy (non-hydrogen) atoms. The lowest BCUT2D eigenvalue weighted by Gasteiger charge is -2.24. The molecule has 2 atom stereocenters. The molecular weight excluding hydrogens is 800 g/mol. The monoisotopic (exact) mass is 822 g/mol. The van der Waals surface area contributed by atoms with Crippen LogP contribution in [-0.2, 0) is 37.8 Å². The first-order valence-corrected chi connectivity index (χ1v) is 15.7. The first kappa shape index (κ1) is 43.8.